The number of ether oxygens (including phenoxy) is 1. The Hall–Kier alpha value is -1.83. The van der Waals surface area contributed by atoms with Crippen LogP contribution in [0.5, 0.6) is 5.75 Å². The van der Waals surface area contributed by atoms with Crippen molar-refractivity contribution in [3.05, 3.63) is 28.8 Å². The van der Waals surface area contributed by atoms with Crippen LogP contribution in [0.25, 0.3) is 0 Å². The van der Waals surface area contributed by atoms with E-state index in [1.165, 1.54) is 0 Å². The van der Waals surface area contributed by atoms with Crippen molar-refractivity contribution in [2.75, 3.05) is 34.3 Å². The summed E-state index contributed by atoms with van der Waals surface area (Å²) in [5.74, 6) is 1.40. The molecule has 150 valence electrons. The lowest BCUT2D eigenvalue weighted by Crippen LogP contribution is -2.46. The zero-order valence-electron chi connectivity index (χ0n) is 15.8. The third-order valence-electron chi connectivity index (χ3n) is 5.41. The quantitative estimate of drug-likeness (QED) is 0.755. The van der Waals surface area contributed by atoms with Crippen molar-refractivity contribution in [3.63, 3.8) is 0 Å². The van der Waals surface area contributed by atoms with Crippen molar-refractivity contribution in [1.82, 2.24) is 9.80 Å². The fraction of sp³-hybridized carbons (Fsp3) is 0.579. The lowest BCUT2D eigenvalue weighted by atomic mass is 9.77. The first-order valence-corrected chi connectivity index (χ1v) is 9.24. The Kier molecular flexibility index (Phi) is 7.47. The van der Waals surface area contributed by atoms with Crippen LogP contribution in [0.4, 0.5) is 0 Å². The molecule has 7 nitrogen and oxygen atoms in total. The average Bonchev–Trinajstić information content (AvgIpc) is 3.03. The topological polar surface area (TPSA) is 90.3 Å². The molecule has 1 amide bonds. The van der Waals surface area contributed by atoms with Gasteiger partial charge in [-0.2, -0.15) is 0 Å². The summed E-state index contributed by atoms with van der Waals surface area (Å²) in [4.78, 5) is 25.2. The number of carbonyl (C=O) groups excluding carboxylic acids is 1. The van der Waals surface area contributed by atoms with E-state index in [9.17, 15) is 9.90 Å². The number of nitrogens with zero attached hydrogens (tertiary/aromatic N) is 2. The minimum absolute atomic E-state index is 0.0129. The Labute approximate surface area is 164 Å². The van der Waals surface area contributed by atoms with Crippen LogP contribution in [0, 0.1) is 11.8 Å². The van der Waals surface area contributed by atoms with Crippen molar-refractivity contribution in [3.8, 4) is 5.75 Å². The van der Waals surface area contributed by atoms with E-state index in [4.69, 9.17) is 26.2 Å². The Morgan fingerprint density at radius 3 is 2.41 bits per heavy atom. The van der Waals surface area contributed by atoms with Crippen LogP contribution in [0.3, 0.4) is 0 Å². The van der Waals surface area contributed by atoms with Crippen molar-refractivity contribution < 1.29 is 24.5 Å². The summed E-state index contributed by atoms with van der Waals surface area (Å²) in [5, 5.41) is 17.7. The van der Waals surface area contributed by atoms with Crippen LogP contribution < -0.4 is 4.74 Å². The number of aliphatic hydroxyl groups excluding tert-OH is 1. The first kappa shape index (κ1) is 21.5. The largest absolute Gasteiger partial charge is 0.497 e. The summed E-state index contributed by atoms with van der Waals surface area (Å²) in [6.45, 7) is 1.20. The van der Waals surface area contributed by atoms with E-state index in [1.807, 2.05) is 19.0 Å². The predicted octanol–water partition coefficient (Wildman–Crippen LogP) is 1.82. The number of carboxylic acid groups (broad SMARTS) is 1. The number of hydrogen-bond acceptors (Lipinski definition) is 5. The second-order valence-electron chi connectivity index (χ2n) is 7.29. The second-order valence-corrected chi connectivity index (χ2v) is 7.72. The molecule has 4 atom stereocenters. The molecule has 1 saturated heterocycles. The van der Waals surface area contributed by atoms with E-state index in [0.717, 1.165) is 19.4 Å². The van der Waals surface area contributed by atoms with Gasteiger partial charge in [0.15, 0.2) is 0 Å². The molecule has 2 N–H and O–H groups in total. The molecule has 2 fully saturated rings. The van der Waals surface area contributed by atoms with Gasteiger partial charge in [-0.25, -0.2) is 0 Å². The number of fused-ring (bicyclic) bond motifs is 1. The monoisotopic (exact) mass is 398 g/mol. The van der Waals surface area contributed by atoms with Crippen LogP contribution in [0.2, 0.25) is 5.02 Å². The molecule has 1 aliphatic carbocycles. The normalized spacial score (nSPS) is 26.8. The first-order chi connectivity index (χ1) is 12.8. The zero-order chi connectivity index (χ0) is 20.1. The molecule has 1 saturated carbocycles. The van der Waals surface area contributed by atoms with Gasteiger partial charge < -0.3 is 24.7 Å². The van der Waals surface area contributed by atoms with Gasteiger partial charge in [0.25, 0.3) is 12.4 Å². The predicted molar refractivity (Wildman–Crippen MR) is 102 cm³/mol. The minimum atomic E-state index is -0.317. The van der Waals surface area contributed by atoms with Crippen LogP contribution in [0.15, 0.2) is 18.2 Å². The molecule has 0 bridgehead atoms. The van der Waals surface area contributed by atoms with Gasteiger partial charge in [-0.15, -0.1) is 0 Å². The van der Waals surface area contributed by atoms with E-state index >= 15 is 0 Å². The number of amides is 1. The smallest absolute Gasteiger partial charge is 0.290 e. The third-order valence-corrected chi connectivity index (χ3v) is 5.63. The molecular formula is C19H27ClN2O5. The molecule has 0 aromatic heterocycles. The summed E-state index contributed by atoms with van der Waals surface area (Å²) in [6.07, 6.45) is 1.38. The summed E-state index contributed by atoms with van der Waals surface area (Å²) < 4.78 is 5.20. The molecule has 1 heterocycles. The van der Waals surface area contributed by atoms with Crippen LogP contribution in [0.1, 0.15) is 23.2 Å². The Morgan fingerprint density at radius 2 is 1.85 bits per heavy atom. The van der Waals surface area contributed by atoms with Gasteiger partial charge in [0.1, 0.15) is 5.75 Å². The molecule has 1 aromatic rings. The Morgan fingerprint density at radius 1 is 1.26 bits per heavy atom. The van der Waals surface area contributed by atoms with Crippen LogP contribution in [-0.4, -0.2) is 78.8 Å². The number of likely N-dealkylation sites (N-methyl/N-ethyl adjacent to an activating group) is 1. The number of aliphatic hydroxyl groups is 1. The number of hydrogen-bond donors (Lipinski definition) is 2. The maximum atomic E-state index is 12.8. The molecule has 8 heteroatoms. The number of carbonyl (C=O) groups is 2. The molecule has 3 rings (SSSR count). The van der Waals surface area contributed by atoms with Crippen molar-refractivity contribution >= 4 is 24.0 Å². The van der Waals surface area contributed by atoms with Gasteiger partial charge in [0, 0.05) is 29.7 Å². The van der Waals surface area contributed by atoms with E-state index in [2.05, 4.69) is 4.90 Å². The highest BCUT2D eigenvalue weighted by atomic mass is 35.5. The molecule has 1 aliphatic heterocycles. The van der Waals surface area contributed by atoms with Crippen molar-refractivity contribution in [2.45, 2.75) is 25.0 Å². The molecule has 0 radical (unpaired) electrons. The highest BCUT2D eigenvalue weighted by molar-refractivity contribution is 6.31. The number of methoxy groups -OCH3 is 1. The van der Waals surface area contributed by atoms with Crippen LogP contribution in [-0.2, 0) is 4.79 Å². The highest BCUT2D eigenvalue weighted by Gasteiger charge is 2.43. The van der Waals surface area contributed by atoms with Gasteiger partial charge in [-0.05, 0) is 57.0 Å². The third kappa shape index (κ3) is 5.12. The summed E-state index contributed by atoms with van der Waals surface area (Å²) in [6, 6.07) is 5.28. The fourth-order valence-corrected chi connectivity index (χ4v) is 4.34. The highest BCUT2D eigenvalue weighted by Crippen LogP contribution is 2.38. The Balaban J connectivity index is 0.000000817. The fourth-order valence-electron chi connectivity index (χ4n) is 4.11. The molecule has 2 aliphatic rings. The van der Waals surface area contributed by atoms with E-state index < -0.39 is 0 Å². The van der Waals surface area contributed by atoms with Gasteiger partial charge >= 0.3 is 0 Å². The maximum Gasteiger partial charge on any atom is 0.290 e. The van der Waals surface area contributed by atoms with Gasteiger partial charge in [0.2, 0.25) is 0 Å². The zero-order valence-corrected chi connectivity index (χ0v) is 16.6. The molecule has 1 aromatic carbocycles. The molecular weight excluding hydrogens is 372 g/mol. The lowest BCUT2D eigenvalue weighted by Gasteiger charge is -2.38. The SMILES string of the molecule is COc1cc(Cl)cc(C(=O)N2C[C@H]3C[C@@H](N(C)C)[C@H](O)C[C@H]3C2)c1.O=CO. The van der Waals surface area contributed by atoms with Gasteiger partial charge in [-0.3, -0.25) is 9.59 Å². The lowest BCUT2D eigenvalue weighted by molar-refractivity contribution is -0.122. The first-order valence-electron chi connectivity index (χ1n) is 8.86. The number of benzene rings is 1. The number of halogens is 1. The van der Waals surface area contributed by atoms with Gasteiger partial charge in [0.05, 0.1) is 13.2 Å². The molecule has 0 spiro atoms. The maximum absolute atomic E-state index is 12.8. The molecule has 0 unspecified atom stereocenters. The second kappa shape index (κ2) is 9.39. The number of likely N-dealkylation sites (tertiary alicyclic amines) is 1. The number of rotatable bonds is 3. The summed E-state index contributed by atoms with van der Waals surface area (Å²) in [5.41, 5.74) is 0.558. The standard InChI is InChI=1S/C18H25ClN2O3.CH2O2/c1-20(2)16-6-12-9-21(10-13(12)7-17(16)22)18(23)11-4-14(19)8-15(5-11)24-3;2-1-3/h4-5,8,12-13,16-17,22H,6-7,9-10H2,1-3H3;1H,(H,2,3)/t12-,13+,16-,17-;/m1./s1. The van der Waals surface area contributed by atoms with E-state index in [-0.39, 0.29) is 24.5 Å². The molecule has 27 heavy (non-hydrogen) atoms. The summed E-state index contributed by atoms with van der Waals surface area (Å²) in [7, 11) is 5.57. The Bertz CT molecular complexity index is 670. The summed E-state index contributed by atoms with van der Waals surface area (Å²) >= 11 is 6.09. The van der Waals surface area contributed by atoms with Crippen molar-refractivity contribution in [1.29, 1.82) is 0 Å². The van der Waals surface area contributed by atoms with Crippen LogP contribution >= 0.6 is 11.6 Å². The minimum Gasteiger partial charge on any atom is -0.497 e. The van der Waals surface area contributed by atoms with E-state index in [1.54, 1.807) is 25.3 Å². The van der Waals surface area contributed by atoms with Crippen molar-refractivity contribution in [2.24, 2.45) is 11.8 Å². The average molecular weight is 399 g/mol. The van der Waals surface area contributed by atoms with Gasteiger partial charge in [-0.1, -0.05) is 11.6 Å². The van der Waals surface area contributed by atoms with E-state index in [0.29, 0.717) is 34.7 Å².